The molecule has 0 fully saturated rings. The summed E-state index contributed by atoms with van der Waals surface area (Å²) in [5, 5.41) is 3.75. The van der Waals surface area contributed by atoms with Crippen molar-refractivity contribution in [3.05, 3.63) is 63.6 Å². The number of amides is 2. The van der Waals surface area contributed by atoms with Crippen LogP contribution in [0.4, 0.5) is 5.69 Å². The van der Waals surface area contributed by atoms with Gasteiger partial charge in [0.15, 0.2) is 0 Å². The Bertz CT molecular complexity index is 1110. The van der Waals surface area contributed by atoms with Crippen molar-refractivity contribution in [3.8, 4) is 0 Å². The monoisotopic (exact) mass is 513 g/mol. The number of halogens is 2. The van der Waals surface area contributed by atoms with Crippen LogP contribution < -0.4 is 9.62 Å². The summed E-state index contributed by atoms with van der Waals surface area (Å²) in [7, 11) is -3.80. The lowest BCUT2D eigenvalue weighted by molar-refractivity contribution is -0.139. The number of nitrogens with one attached hydrogen (secondary N) is 1. The second kappa shape index (κ2) is 11.7. The molecule has 2 amide bonds. The third-order valence-corrected chi connectivity index (χ3v) is 6.66. The van der Waals surface area contributed by atoms with Gasteiger partial charge in [-0.25, -0.2) is 8.42 Å². The molecule has 0 unspecified atom stereocenters. The van der Waals surface area contributed by atoms with Gasteiger partial charge < -0.3 is 10.2 Å². The summed E-state index contributed by atoms with van der Waals surface area (Å²) >= 11 is 12.1. The van der Waals surface area contributed by atoms with Crippen molar-refractivity contribution in [3.63, 3.8) is 0 Å². The molecule has 0 radical (unpaired) electrons. The zero-order chi connectivity index (χ0) is 24.8. The Balaban J connectivity index is 2.40. The Morgan fingerprint density at radius 1 is 1.09 bits per heavy atom. The smallest absolute Gasteiger partial charge is 0.244 e. The standard InChI is InChI=1S/C23H29Cl2N3O4S/c1-5-11-26-23(30)17(3)27(14-18-7-6-8-19(24)13-18)22(29)15-28(33(4,31)32)21-10-9-20(25)12-16(21)2/h6-10,12-13,17H,5,11,14-15H2,1-4H3,(H,26,30)/t17-/m1/s1. The first-order valence-electron chi connectivity index (χ1n) is 10.5. The molecule has 1 N–H and O–H groups in total. The number of nitrogens with zero attached hydrogens (tertiary/aromatic N) is 2. The molecule has 0 saturated heterocycles. The van der Waals surface area contributed by atoms with Gasteiger partial charge in [0.1, 0.15) is 12.6 Å². The molecule has 2 aromatic carbocycles. The maximum atomic E-state index is 13.4. The van der Waals surface area contributed by atoms with Gasteiger partial charge in [0, 0.05) is 23.1 Å². The van der Waals surface area contributed by atoms with E-state index in [9.17, 15) is 18.0 Å². The molecule has 2 rings (SSSR count). The van der Waals surface area contributed by atoms with Gasteiger partial charge in [-0.05, 0) is 61.7 Å². The average molecular weight is 514 g/mol. The van der Waals surface area contributed by atoms with Crippen molar-refractivity contribution in [2.45, 2.75) is 39.8 Å². The molecular weight excluding hydrogens is 485 g/mol. The molecule has 0 saturated carbocycles. The van der Waals surface area contributed by atoms with E-state index in [0.717, 1.165) is 22.5 Å². The van der Waals surface area contributed by atoms with Gasteiger partial charge >= 0.3 is 0 Å². The highest BCUT2D eigenvalue weighted by Gasteiger charge is 2.30. The van der Waals surface area contributed by atoms with E-state index >= 15 is 0 Å². The molecule has 2 aromatic rings. The maximum Gasteiger partial charge on any atom is 0.244 e. The van der Waals surface area contributed by atoms with Gasteiger partial charge in [0.05, 0.1) is 11.9 Å². The van der Waals surface area contributed by atoms with Gasteiger partial charge in [0.25, 0.3) is 0 Å². The molecule has 10 heteroatoms. The van der Waals surface area contributed by atoms with Crippen LogP contribution in [0.5, 0.6) is 0 Å². The van der Waals surface area contributed by atoms with Crippen LogP contribution in [0.2, 0.25) is 10.0 Å². The first-order chi connectivity index (χ1) is 15.4. The SMILES string of the molecule is CCCNC(=O)[C@@H](C)N(Cc1cccc(Cl)c1)C(=O)CN(c1ccc(Cl)cc1C)S(C)(=O)=O. The summed E-state index contributed by atoms with van der Waals surface area (Å²) in [6.07, 6.45) is 1.78. The third-order valence-electron chi connectivity index (χ3n) is 5.07. The molecule has 0 heterocycles. The van der Waals surface area contributed by atoms with Gasteiger partial charge in [-0.2, -0.15) is 0 Å². The van der Waals surface area contributed by atoms with Gasteiger partial charge in [-0.1, -0.05) is 42.3 Å². The predicted molar refractivity (Wildman–Crippen MR) is 133 cm³/mol. The number of benzene rings is 2. The third kappa shape index (κ3) is 7.62. The van der Waals surface area contributed by atoms with Crippen LogP contribution in [-0.4, -0.2) is 50.5 Å². The minimum absolute atomic E-state index is 0.0946. The highest BCUT2D eigenvalue weighted by molar-refractivity contribution is 7.92. The van der Waals surface area contributed by atoms with Gasteiger partial charge in [-0.3, -0.25) is 13.9 Å². The minimum Gasteiger partial charge on any atom is -0.354 e. The Labute approximate surface area is 205 Å². The van der Waals surface area contributed by atoms with E-state index in [1.54, 1.807) is 56.3 Å². The lowest BCUT2D eigenvalue weighted by Gasteiger charge is -2.32. The van der Waals surface area contributed by atoms with E-state index in [1.165, 1.54) is 4.90 Å². The molecular formula is C23H29Cl2N3O4S. The van der Waals surface area contributed by atoms with Gasteiger partial charge in [-0.15, -0.1) is 0 Å². The zero-order valence-electron chi connectivity index (χ0n) is 19.1. The summed E-state index contributed by atoms with van der Waals surface area (Å²) in [6, 6.07) is 10.9. The minimum atomic E-state index is -3.80. The van der Waals surface area contributed by atoms with E-state index in [2.05, 4.69) is 5.32 Å². The Hall–Kier alpha value is -2.29. The van der Waals surface area contributed by atoms with Crippen molar-refractivity contribution in [1.82, 2.24) is 10.2 Å². The second-order valence-electron chi connectivity index (χ2n) is 7.82. The van der Waals surface area contributed by atoms with Crippen LogP contribution in [0.3, 0.4) is 0 Å². The van der Waals surface area contributed by atoms with E-state index in [1.807, 2.05) is 6.92 Å². The van der Waals surface area contributed by atoms with E-state index in [0.29, 0.717) is 27.8 Å². The fourth-order valence-electron chi connectivity index (χ4n) is 3.30. The van der Waals surface area contributed by atoms with Crippen molar-refractivity contribution in [2.24, 2.45) is 0 Å². The Morgan fingerprint density at radius 2 is 1.76 bits per heavy atom. The molecule has 0 bridgehead atoms. The topological polar surface area (TPSA) is 86.8 Å². The lowest BCUT2D eigenvalue weighted by atomic mass is 10.1. The van der Waals surface area contributed by atoms with Crippen molar-refractivity contribution in [2.75, 3.05) is 23.7 Å². The molecule has 0 aliphatic heterocycles. The number of hydrogen-bond donors (Lipinski definition) is 1. The quantitative estimate of drug-likeness (QED) is 0.519. The van der Waals surface area contributed by atoms with E-state index < -0.39 is 28.5 Å². The summed E-state index contributed by atoms with van der Waals surface area (Å²) in [5.41, 5.74) is 1.68. The molecule has 0 spiro atoms. The summed E-state index contributed by atoms with van der Waals surface area (Å²) < 4.78 is 26.2. The number of carbonyl (C=O) groups excluding carboxylic acids is 2. The molecule has 1 atom stereocenters. The molecule has 180 valence electrons. The summed E-state index contributed by atoms with van der Waals surface area (Å²) in [6.45, 7) is 5.37. The first-order valence-corrected chi connectivity index (χ1v) is 13.1. The Morgan fingerprint density at radius 3 is 2.33 bits per heavy atom. The lowest BCUT2D eigenvalue weighted by Crippen LogP contribution is -2.51. The number of rotatable bonds is 10. The maximum absolute atomic E-state index is 13.4. The highest BCUT2D eigenvalue weighted by atomic mass is 35.5. The predicted octanol–water partition coefficient (Wildman–Crippen LogP) is 4.01. The molecule has 33 heavy (non-hydrogen) atoms. The van der Waals surface area contributed by atoms with Crippen LogP contribution in [0.25, 0.3) is 0 Å². The summed E-state index contributed by atoms with van der Waals surface area (Å²) in [4.78, 5) is 27.5. The first kappa shape index (κ1) is 27.0. The fourth-order valence-corrected chi connectivity index (χ4v) is 4.65. The number of anilines is 1. The van der Waals surface area contributed by atoms with Crippen LogP contribution in [0, 0.1) is 6.92 Å². The number of aryl methyl sites for hydroxylation is 1. The van der Waals surface area contributed by atoms with Gasteiger partial charge in [0.2, 0.25) is 21.8 Å². The van der Waals surface area contributed by atoms with Crippen molar-refractivity contribution in [1.29, 1.82) is 0 Å². The van der Waals surface area contributed by atoms with Crippen molar-refractivity contribution >= 4 is 50.7 Å². The zero-order valence-corrected chi connectivity index (χ0v) is 21.5. The second-order valence-corrected chi connectivity index (χ2v) is 10.6. The Kier molecular flexibility index (Phi) is 9.57. The largest absolute Gasteiger partial charge is 0.354 e. The van der Waals surface area contributed by atoms with Crippen LogP contribution in [0.1, 0.15) is 31.4 Å². The molecule has 0 aliphatic carbocycles. The molecule has 7 nitrogen and oxygen atoms in total. The fraction of sp³-hybridized carbons (Fsp3) is 0.391. The average Bonchev–Trinajstić information content (AvgIpc) is 2.73. The van der Waals surface area contributed by atoms with Crippen LogP contribution in [0.15, 0.2) is 42.5 Å². The van der Waals surface area contributed by atoms with E-state index in [4.69, 9.17) is 23.2 Å². The molecule has 0 aliphatic rings. The van der Waals surface area contributed by atoms with Crippen molar-refractivity contribution < 1.29 is 18.0 Å². The normalized spacial score (nSPS) is 12.2. The number of sulfonamides is 1. The molecule has 0 aromatic heterocycles. The highest BCUT2D eigenvalue weighted by Crippen LogP contribution is 2.26. The number of hydrogen-bond acceptors (Lipinski definition) is 4. The van der Waals surface area contributed by atoms with E-state index in [-0.39, 0.29) is 12.5 Å². The van der Waals surface area contributed by atoms with Crippen LogP contribution in [-0.2, 0) is 26.2 Å². The summed E-state index contributed by atoms with van der Waals surface area (Å²) in [5.74, 6) is -0.838. The number of carbonyl (C=O) groups is 2. The van der Waals surface area contributed by atoms with Crippen LogP contribution >= 0.6 is 23.2 Å².